The van der Waals surface area contributed by atoms with E-state index < -0.39 is 6.04 Å². The highest BCUT2D eigenvalue weighted by molar-refractivity contribution is 7.99. The van der Waals surface area contributed by atoms with Crippen LogP contribution in [0.1, 0.15) is 43.0 Å². The van der Waals surface area contributed by atoms with Gasteiger partial charge in [0.05, 0.1) is 5.75 Å². The van der Waals surface area contributed by atoms with Gasteiger partial charge in [-0.3, -0.25) is 9.59 Å². The Morgan fingerprint density at radius 1 is 0.966 bits per heavy atom. The lowest BCUT2D eigenvalue weighted by Gasteiger charge is -2.29. The zero-order chi connectivity index (χ0) is 21.4. The van der Waals surface area contributed by atoms with E-state index >= 15 is 0 Å². The molecule has 0 aliphatic rings. The molecular formula is C24H32N2O2S. The molecule has 0 spiro atoms. The summed E-state index contributed by atoms with van der Waals surface area (Å²) in [5.74, 6) is 0.982. The molecule has 0 saturated carbocycles. The van der Waals surface area contributed by atoms with Crippen molar-refractivity contribution < 1.29 is 9.59 Å². The lowest BCUT2D eigenvalue weighted by atomic mass is 10.1. The van der Waals surface area contributed by atoms with Crippen molar-refractivity contribution in [3.8, 4) is 0 Å². The number of benzene rings is 2. The summed E-state index contributed by atoms with van der Waals surface area (Å²) in [5.41, 5.74) is 4.60. The van der Waals surface area contributed by atoms with Crippen LogP contribution in [0.2, 0.25) is 0 Å². The lowest BCUT2D eigenvalue weighted by molar-refractivity contribution is -0.138. The summed E-state index contributed by atoms with van der Waals surface area (Å²) >= 11 is 1.58. The van der Waals surface area contributed by atoms with Crippen molar-refractivity contribution in [3.63, 3.8) is 0 Å². The summed E-state index contributed by atoms with van der Waals surface area (Å²) in [7, 11) is 0. The predicted octanol–water partition coefficient (Wildman–Crippen LogP) is 4.48. The minimum atomic E-state index is -0.523. The highest BCUT2D eigenvalue weighted by atomic mass is 32.2. The van der Waals surface area contributed by atoms with Crippen LogP contribution in [0.15, 0.2) is 48.5 Å². The Hall–Kier alpha value is -2.27. The van der Waals surface area contributed by atoms with E-state index in [-0.39, 0.29) is 17.9 Å². The minimum absolute atomic E-state index is 0.0185. The number of nitrogens with zero attached hydrogens (tertiary/aromatic N) is 1. The Morgan fingerprint density at radius 2 is 1.66 bits per heavy atom. The van der Waals surface area contributed by atoms with Gasteiger partial charge in [0.15, 0.2) is 0 Å². The zero-order valence-electron chi connectivity index (χ0n) is 18.1. The van der Waals surface area contributed by atoms with Gasteiger partial charge in [-0.1, -0.05) is 59.7 Å². The molecule has 0 aliphatic heterocycles. The van der Waals surface area contributed by atoms with Crippen LogP contribution in [0.25, 0.3) is 0 Å². The molecule has 0 saturated heterocycles. The van der Waals surface area contributed by atoms with Gasteiger partial charge in [0.2, 0.25) is 11.8 Å². The van der Waals surface area contributed by atoms with E-state index in [9.17, 15) is 9.59 Å². The molecule has 0 unspecified atom stereocenters. The monoisotopic (exact) mass is 412 g/mol. The Kier molecular flexibility index (Phi) is 8.77. The van der Waals surface area contributed by atoms with Crippen molar-refractivity contribution in [2.24, 2.45) is 0 Å². The average Bonchev–Trinajstić information content (AvgIpc) is 2.66. The normalized spacial score (nSPS) is 11.9. The summed E-state index contributed by atoms with van der Waals surface area (Å²) in [4.78, 5) is 27.3. The van der Waals surface area contributed by atoms with Crippen molar-refractivity contribution in [1.29, 1.82) is 0 Å². The third-order valence-corrected chi connectivity index (χ3v) is 5.64. The second kappa shape index (κ2) is 11.1. The van der Waals surface area contributed by atoms with Crippen molar-refractivity contribution >= 4 is 23.6 Å². The third kappa shape index (κ3) is 7.58. The summed E-state index contributed by atoms with van der Waals surface area (Å²) in [6.07, 6.45) is 0. The van der Waals surface area contributed by atoms with E-state index in [1.165, 1.54) is 11.1 Å². The number of hydrogen-bond acceptors (Lipinski definition) is 3. The molecule has 1 N–H and O–H groups in total. The van der Waals surface area contributed by atoms with Crippen molar-refractivity contribution in [2.75, 3.05) is 5.75 Å². The number of amides is 2. The van der Waals surface area contributed by atoms with Gasteiger partial charge in [-0.25, -0.2) is 0 Å². The first-order valence-electron chi connectivity index (χ1n) is 10.0. The molecule has 29 heavy (non-hydrogen) atoms. The highest BCUT2D eigenvalue weighted by Gasteiger charge is 2.26. The number of hydrogen-bond donors (Lipinski definition) is 1. The van der Waals surface area contributed by atoms with Crippen LogP contribution in [0.3, 0.4) is 0 Å². The molecule has 2 amide bonds. The van der Waals surface area contributed by atoms with Crippen molar-refractivity contribution in [2.45, 2.75) is 59.0 Å². The largest absolute Gasteiger partial charge is 0.352 e. The van der Waals surface area contributed by atoms with E-state index in [0.29, 0.717) is 12.3 Å². The maximum absolute atomic E-state index is 13.0. The summed E-state index contributed by atoms with van der Waals surface area (Å²) in [6.45, 7) is 10.2. The maximum atomic E-state index is 13.0. The molecular weight excluding hydrogens is 380 g/mol. The van der Waals surface area contributed by atoms with Crippen LogP contribution in [0, 0.1) is 13.8 Å². The molecule has 2 aromatic rings. The number of rotatable bonds is 9. The molecule has 5 heteroatoms. The molecule has 0 heterocycles. The van der Waals surface area contributed by atoms with Crippen molar-refractivity contribution in [3.05, 3.63) is 70.8 Å². The highest BCUT2D eigenvalue weighted by Crippen LogP contribution is 2.17. The second-order valence-corrected chi connectivity index (χ2v) is 8.81. The Labute approximate surface area is 179 Å². The molecule has 0 aromatic heterocycles. The van der Waals surface area contributed by atoms with Gasteiger partial charge in [-0.05, 0) is 45.7 Å². The SMILES string of the molecule is Cc1ccc(CSCC(=O)N(Cc2cccc(C)c2)[C@@H](C)C(=O)NC(C)C)cc1. The van der Waals surface area contributed by atoms with E-state index in [2.05, 4.69) is 42.6 Å². The van der Waals surface area contributed by atoms with Crippen LogP contribution in [-0.2, 0) is 21.9 Å². The fourth-order valence-corrected chi connectivity index (χ4v) is 3.89. The molecule has 4 nitrogen and oxygen atoms in total. The molecule has 0 bridgehead atoms. The molecule has 0 fully saturated rings. The van der Waals surface area contributed by atoms with E-state index in [1.807, 2.05) is 39.0 Å². The molecule has 0 aliphatic carbocycles. The smallest absolute Gasteiger partial charge is 0.242 e. The van der Waals surface area contributed by atoms with Crippen LogP contribution in [0.4, 0.5) is 0 Å². The van der Waals surface area contributed by atoms with Gasteiger partial charge < -0.3 is 10.2 Å². The predicted molar refractivity (Wildman–Crippen MR) is 122 cm³/mol. The van der Waals surface area contributed by atoms with E-state index in [4.69, 9.17) is 0 Å². The number of aryl methyl sites for hydroxylation is 2. The first-order valence-corrected chi connectivity index (χ1v) is 11.2. The van der Waals surface area contributed by atoms with Gasteiger partial charge in [0.25, 0.3) is 0 Å². The third-order valence-electron chi connectivity index (χ3n) is 4.65. The lowest BCUT2D eigenvalue weighted by Crippen LogP contribution is -2.49. The van der Waals surface area contributed by atoms with Crippen LogP contribution in [-0.4, -0.2) is 34.6 Å². The van der Waals surface area contributed by atoms with Gasteiger partial charge in [-0.2, -0.15) is 0 Å². The van der Waals surface area contributed by atoms with Crippen LogP contribution >= 0.6 is 11.8 Å². The van der Waals surface area contributed by atoms with E-state index in [1.54, 1.807) is 23.6 Å². The second-order valence-electron chi connectivity index (χ2n) is 7.83. The molecule has 1 atom stereocenters. The van der Waals surface area contributed by atoms with Gasteiger partial charge in [0, 0.05) is 18.3 Å². The average molecular weight is 413 g/mol. The topological polar surface area (TPSA) is 49.4 Å². The molecule has 0 radical (unpaired) electrons. The molecule has 2 rings (SSSR count). The Bertz CT molecular complexity index is 818. The number of carbonyl (C=O) groups excluding carboxylic acids is 2. The summed E-state index contributed by atoms with van der Waals surface area (Å²) < 4.78 is 0. The van der Waals surface area contributed by atoms with Crippen LogP contribution in [0.5, 0.6) is 0 Å². The fourth-order valence-electron chi connectivity index (χ4n) is 3.02. The zero-order valence-corrected chi connectivity index (χ0v) is 18.9. The Morgan fingerprint density at radius 3 is 2.28 bits per heavy atom. The first kappa shape index (κ1) is 23.0. The Balaban J connectivity index is 2.06. The quantitative estimate of drug-likeness (QED) is 0.661. The molecule has 156 valence electrons. The van der Waals surface area contributed by atoms with Crippen molar-refractivity contribution in [1.82, 2.24) is 10.2 Å². The standard InChI is InChI=1S/C24H32N2O2S/c1-17(2)25-24(28)20(5)26(14-22-8-6-7-19(4)13-22)23(27)16-29-15-21-11-9-18(3)10-12-21/h6-13,17,20H,14-16H2,1-5H3,(H,25,28)/t20-/m0/s1. The number of thioether (sulfide) groups is 1. The summed E-state index contributed by atoms with van der Waals surface area (Å²) in [6, 6.07) is 15.9. The summed E-state index contributed by atoms with van der Waals surface area (Å²) in [5, 5.41) is 2.92. The number of carbonyl (C=O) groups is 2. The van der Waals surface area contributed by atoms with Gasteiger partial charge in [0.1, 0.15) is 6.04 Å². The van der Waals surface area contributed by atoms with Gasteiger partial charge in [-0.15, -0.1) is 11.8 Å². The van der Waals surface area contributed by atoms with E-state index in [0.717, 1.165) is 16.9 Å². The number of nitrogens with one attached hydrogen (secondary N) is 1. The fraction of sp³-hybridized carbons (Fsp3) is 0.417. The maximum Gasteiger partial charge on any atom is 0.242 e. The first-order chi connectivity index (χ1) is 13.8. The minimum Gasteiger partial charge on any atom is -0.352 e. The van der Waals surface area contributed by atoms with Crippen LogP contribution < -0.4 is 5.32 Å². The van der Waals surface area contributed by atoms with Gasteiger partial charge >= 0.3 is 0 Å². The molecule has 2 aromatic carbocycles.